The first-order valence-corrected chi connectivity index (χ1v) is 12.5. The van der Waals surface area contributed by atoms with Crippen LogP contribution < -0.4 is 10.4 Å². The van der Waals surface area contributed by atoms with Crippen molar-refractivity contribution in [2.45, 2.75) is 39.0 Å². The smallest absolute Gasteiger partial charge is 0.129 e. The van der Waals surface area contributed by atoms with Gasteiger partial charge in [-0.15, -0.1) is 0 Å². The summed E-state index contributed by atoms with van der Waals surface area (Å²) in [6.07, 6.45) is 14.7. The van der Waals surface area contributed by atoms with E-state index in [1.54, 1.807) is 0 Å². The summed E-state index contributed by atoms with van der Waals surface area (Å²) in [7, 11) is 0. The van der Waals surface area contributed by atoms with Gasteiger partial charge in [0.2, 0.25) is 0 Å². The first-order chi connectivity index (χ1) is 16.2. The van der Waals surface area contributed by atoms with Gasteiger partial charge in [-0.25, -0.2) is 0 Å². The molecule has 0 spiro atoms. The summed E-state index contributed by atoms with van der Waals surface area (Å²) in [4.78, 5) is 12.3. The van der Waals surface area contributed by atoms with E-state index in [9.17, 15) is 0 Å². The SMILES string of the molecule is CC1=c2cccc/c2=C/C(CC2=NCN=C3CN(CC4CC=CC5=C4OCC5)CC23)=CCC1. The van der Waals surface area contributed by atoms with Crippen molar-refractivity contribution in [1.82, 2.24) is 4.90 Å². The number of hydrogen-bond donors (Lipinski definition) is 0. The van der Waals surface area contributed by atoms with Gasteiger partial charge in [0.05, 0.1) is 6.61 Å². The minimum atomic E-state index is 0.374. The number of benzene rings is 1. The molecule has 1 fully saturated rings. The fourth-order valence-electron chi connectivity index (χ4n) is 6.07. The summed E-state index contributed by atoms with van der Waals surface area (Å²) in [5.74, 6) is 2.12. The van der Waals surface area contributed by atoms with E-state index >= 15 is 0 Å². The standard InChI is InChI=1S/C29H33N3O/c1-20-6-4-7-21(14-23-8-2-3-11-25(20)23)15-27-26-17-32(18-28(26)31-19-30-27)16-24-10-5-9-22-12-13-33-29(22)24/h2-3,5,7-9,11,14,24,26H,4,6,10,12-13,15-19H2,1H3/b21-7?,23-14-,25-20?. The molecular weight excluding hydrogens is 406 g/mol. The van der Waals surface area contributed by atoms with E-state index in [1.165, 1.54) is 44.3 Å². The van der Waals surface area contributed by atoms with Crippen LogP contribution in [0.25, 0.3) is 11.6 Å². The van der Waals surface area contributed by atoms with Gasteiger partial charge < -0.3 is 4.74 Å². The van der Waals surface area contributed by atoms with Gasteiger partial charge in [-0.3, -0.25) is 14.9 Å². The minimum absolute atomic E-state index is 0.374. The molecule has 2 aliphatic carbocycles. The molecule has 0 aromatic heterocycles. The second-order valence-electron chi connectivity index (χ2n) is 10.0. The van der Waals surface area contributed by atoms with E-state index in [4.69, 9.17) is 14.7 Å². The van der Waals surface area contributed by atoms with Gasteiger partial charge in [-0.05, 0) is 47.8 Å². The summed E-state index contributed by atoms with van der Waals surface area (Å²) >= 11 is 0. The van der Waals surface area contributed by atoms with Crippen LogP contribution in [-0.2, 0) is 4.74 Å². The lowest BCUT2D eigenvalue weighted by Crippen LogP contribution is -2.31. The highest BCUT2D eigenvalue weighted by Gasteiger charge is 2.36. The molecule has 6 rings (SSSR count). The number of rotatable bonds is 4. The lowest BCUT2D eigenvalue weighted by molar-refractivity contribution is 0.181. The van der Waals surface area contributed by atoms with E-state index in [-0.39, 0.29) is 0 Å². The quantitative estimate of drug-likeness (QED) is 0.716. The maximum absolute atomic E-state index is 6.01. The van der Waals surface area contributed by atoms with E-state index < -0.39 is 0 Å². The van der Waals surface area contributed by atoms with Gasteiger partial charge in [0, 0.05) is 55.7 Å². The Morgan fingerprint density at radius 3 is 3.06 bits per heavy atom. The van der Waals surface area contributed by atoms with Crippen LogP contribution in [0.15, 0.2) is 69.4 Å². The van der Waals surface area contributed by atoms with Crippen LogP contribution in [0.2, 0.25) is 0 Å². The highest BCUT2D eigenvalue weighted by atomic mass is 16.5. The van der Waals surface area contributed by atoms with Crippen LogP contribution in [0.3, 0.4) is 0 Å². The van der Waals surface area contributed by atoms with Crippen molar-refractivity contribution in [2.75, 3.05) is 32.9 Å². The minimum Gasteiger partial charge on any atom is -0.497 e. The molecule has 2 atom stereocenters. The zero-order chi connectivity index (χ0) is 22.2. The Morgan fingerprint density at radius 1 is 1.15 bits per heavy atom. The Kier molecular flexibility index (Phi) is 5.63. The molecule has 4 heteroatoms. The van der Waals surface area contributed by atoms with Crippen LogP contribution in [0.4, 0.5) is 0 Å². The van der Waals surface area contributed by atoms with Crippen LogP contribution >= 0.6 is 0 Å². The Hall–Kier alpha value is -2.72. The normalized spacial score (nSPS) is 27.8. The zero-order valence-electron chi connectivity index (χ0n) is 19.6. The number of allylic oxidation sites excluding steroid dienone is 4. The van der Waals surface area contributed by atoms with Crippen molar-refractivity contribution < 1.29 is 4.74 Å². The van der Waals surface area contributed by atoms with E-state index in [0.29, 0.717) is 18.5 Å². The summed E-state index contributed by atoms with van der Waals surface area (Å²) in [6, 6.07) is 8.81. The molecule has 0 radical (unpaired) electrons. The van der Waals surface area contributed by atoms with E-state index in [2.05, 4.69) is 60.4 Å². The third-order valence-electron chi connectivity index (χ3n) is 7.79. The van der Waals surface area contributed by atoms with Crippen molar-refractivity contribution in [3.05, 3.63) is 69.8 Å². The summed E-state index contributed by atoms with van der Waals surface area (Å²) in [5, 5.41) is 2.73. The third kappa shape index (κ3) is 4.17. The first kappa shape index (κ1) is 20.9. The monoisotopic (exact) mass is 439 g/mol. The van der Waals surface area contributed by atoms with Crippen LogP contribution in [0, 0.1) is 11.8 Å². The van der Waals surface area contributed by atoms with Gasteiger partial charge in [0.15, 0.2) is 0 Å². The highest BCUT2D eigenvalue weighted by molar-refractivity contribution is 6.11. The summed E-state index contributed by atoms with van der Waals surface area (Å²) < 4.78 is 6.01. The molecule has 3 heterocycles. The van der Waals surface area contributed by atoms with Crippen molar-refractivity contribution in [2.24, 2.45) is 21.8 Å². The summed E-state index contributed by atoms with van der Waals surface area (Å²) in [6.45, 7) is 6.79. The lowest BCUT2D eigenvalue weighted by Gasteiger charge is -2.25. The number of ether oxygens (including phenoxy) is 1. The highest BCUT2D eigenvalue weighted by Crippen LogP contribution is 2.34. The maximum Gasteiger partial charge on any atom is 0.129 e. The maximum atomic E-state index is 6.01. The van der Waals surface area contributed by atoms with E-state index in [1.807, 2.05) is 0 Å². The molecule has 0 N–H and O–H groups in total. The molecule has 4 nitrogen and oxygen atoms in total. The fourth-order valence-corrected chi connectivity index (χ4v) is 6.07. The molecule has 0 bridgehead atoms. The molecule has 5 aliphatic rings. The van der Waals surface area contributed by atoms with Crippen LogP contribution in [0.1, 0.15) is 39.0 Å². The number of hydrogen-bond acceptors (Lipinski definition) is 4. The molecule has 1 saturated heterocycles. The molecule has 33 heavy (non-hydrogen) atoms. The van der Waals surface area contributed by atoms with Gasteiger partial charge in [-0.1, -0.05) is 54.1 Å². The van der Waals surface area contributed by atoms with Crippen molar-refractivity contribution in [3.63, 3.8) is 0 Å². The molecule has 0 amide bonds. The lowest BCUT2D eigenvalue weighted by atomic mass is 9.91. The van der Waals surface area contributed by atoms with Gasteiger partial charge in [0.1, 0.15) is 12.4 Å². The topological polar surface area (TPSA) is 37.2 Å². The first-order valence-electron chi connectivity index (χ1n) is 12.5. The molecule has 3 aliphatic heterocycles. The Bertz CT molecular complexity index is 1230. The van der Waals surface area contributed by atoms with Crippen molar-refractivity contribution >= 4 is 23.1 Å². The zero-order valence-corrected chi connectivity index (χ0v) is 19.6. The van der Waals surface area contributed by atoms with Crippen molar-refractivity contribution in [1.29, 1.82) is 0 Å². The molecule has 170 valence electrons. The molecular formula is C29H33N3O. The molecule has 2 unspecified atom stereocenters. The molecule has 1 aromatic carbocycles. The van der Waals surface area contributed by atoms with Crippen molar-refractivity contribution in [3.8, 4) is 0 Å². The fraction of sp³-hybridized carbons (Fsp3) is 0.448. The number of fused-ring (bicyclic) bond motifs is 2. The Balaban J connectivity index is 1.19. The average Bonchev–Trinajstić information content (AvgIpc) is 3.46. The Labute approximate surface area is 196 Å². The van der Waals surface area contributed by atoms with Crippen LogP contribution in [0.5, 0.6) is 0 Å². The number of likely N-dealkylation sites (tertiary alicyclic amines) is 1. The molecule has 1 aromatic rings. The predicted molar refractivity (Wildman–Crippen MR) is 136 cm³/mol. The third-order valence-corrected chi connectivity index (χ3v) is 7.79. The largest absolute Gasteiger partial charge is 0.497 e. The van der Waals surface area contributed by atoms with Gasteiger partial charge >= 0.3 is 0 Å². The second-order valence-corrected chi connectivity index (χ2v) is 10.0. The predicted octanol–water partition coefficient (Wildman–Crippen LogP) is 3.78. The number of nitrogens with zero attached hydrogens (tertiary/aromatic N) is 3. The summed E-state index contributed by atoms with van der Waals surface area (Å²) in [5.41, 5.74) is 6.96. The molecule has 0 saturated carbocycles. The van der Waals surface area contributed by atoms with Gasteiger partial charge in [0.25, 0.3) is 0 Å². The Morgan fingerprint density at radius 2 is 2.09 bits per heavy atom. The van der Waals surface area contributed by atoms with Crippen LogP contribution in [-0.4, -0.2) is 49.2 Å². The van der Waals surface area contributed by atoms with E-state index in [0.717, 1.165) is 58.3 Å². The average molecular weight is 440 g/mol. The number of aliphatic imine (C=N–C) groups is 2. The second kappa shape index (κ2) is 8.90. The van der Waals surface area contributed by atoms with Gasteiger partial charge in [-0.2, -0.15) is 0 Å².